The molecule has 1 amide bonds. The zero-order valence-corrected chi connectivity index (χ0v) is 19.4. The van der Waals surface area contributed by atoms with Gasteiger partial charge >= 0.3 is 0 Å². The molecule has 0 bridgehead atoms. The molecule has 0 aliphatic heterocycles. The van der Waals surface area contributed by atoms with Gasteiger partial charge in [0.1, 0.15) is 12.4 Å². The fourth-order valence-corrected chi connectivity index (χ4v) is 4.18. The van der Waals surface area contributed by atoms with Crippen molar-refractivity contribution in [1.82, 2.24) is 14.8 Å². The minimum absolute atomic E-state index is 0.161. The third kappa shape index (κ3) is 5.82. The molecule has 0 atom stereocenters. The van der Waals surface area contributed by atoms with Crippen molar-refractivity contribution < 1.29 is 9.53 Å². The standard InChI is InChI=1S/C20H19Cl3N4O2S/c1-3-27-18(10-29-17-7-5-13(21)8-12(17)2)25-26-20(27)30-11-19(28)24-16-6-4-14(22)9-15(16)23/h4-9H,3,10-11H2,1-2H3,(H,24,28). The lowest BCUT2D eigenvalue weighted by Gasteiger charge is -2.11. The zero-order valence-electron chi connectivity index (χ0n) is 16.3. The molecule has 30 heavy (non-hydrogen) atoms. The predicted molar refractivity (Wildman–Crippen MR) is 122 cm³/mol. The number of hydrogen-bond acceptors (Lipinski definition) is 5. The highest BCUT2D eigenvalue weighted by molar-refractivity contribution is 7.99. The normalized spacial score (nSPS) is 10.8. The number of carbonyl (C=O) groups is 1. The first-order valence-corrected chi connectivity index (χ1v) is 11.2. The molecule has 0 aliphatic rings. The van der Waals surface area contributed by atoms with Gasteiger partial charge in [-0.2, -0.15) is 0 Å². The number of rotatable bonds is 8. The van der Waals surface area contributed by atoms with Crippen molar-refractivity contribution in [2.45, 2.75) is 32.2 Å². The van der Waals surface area contributed by atoms with Crippen LogP contribution >= 0.6 is 46.6 Å². The molecule has 0 saturated heterocycles. The van der Waals surface area contributed by atoms with Crippen LogP contribution in [0.25, 0.3) is 0 Å². The van der Waals surface area contributed by atoms with Crippen LogP contribution < -0.4 is 10.1 Å². The van der Waals surface area contributed by atoms with Gasteiger partial charge in [0.2, 0.25) is 5.91 Å². The lowest BCUT2D eigenvalue weighted by molar-refractivity contribution is -0.113. The van der Waals surface area contributed by atoms with E-state index in [0.717, 1.165) is 11.3 Å². The Hall–Kier alpha value is -1.93. The molecule has 0 saturated carbocycles. The molecular formula is C20H19Cl3N4O2S. The fraction of sp³-hybridized carbons (Fsp3) is 0.250. The first-order chi connectivity index (χ1) is 14.4. The molecule has 3 aromatic rings. The smallest absolute Gasteiger partial charge is 0.234 e. The van der Waals surface area contributed by atoms with Crippen LogP contribution in [0.15, 0.2) is 41.6 Å². The summed E-state index contributed by atoms with van der Waals surface area (Å²) in [4.78, 5) is 12.3. The number of nitrogens with zero attached hydrogens (tertiary/aromatic N) is 3. The van der Waals surface area contributed by atoms with Crippen LogP contribution in [0.5, 0.6) is 5.75 Å². The number of benzene rings is 2. The Balaban J connectivity index is 1.60. The summed E-state index contributed by atoms with van der Waals surface area (Å²) in [5.41, 5.74) is 1.45. The number of thioether (sulfide) groups is 1. The van der Waals surface area contributed by atoms with Crippen molar-refractivity contribution >= 4 is 58.2 Å². The number of ether oxygens (including phenoxy) is 1. The quantitative estimate of drug-likeness (QED) is 0.404. The Bertz CT molecular complexity index is 1060. The molecule has 1 heterocycles. The third-order valence-corrected chi connectivity index (χ3v) is 5.89. The zero-order chi connectivity index (χ0) is 21.7. The van der Waals surface area contributed by atoms with E-state index in [1.54, 1.807) is 24.3 Å². The fourth-order valence-electron chi connectivity index (χ4n) is 2.67. The second kappa shape index (κ2) is 10.4. The van der Waals surface area contributed by atoms with Gasteiger partial charge in [0.05, 0.1) is 16.5 Å². The lowest BCUT2D eigenvalue weighted by Crippen LogP contribution is -2.15. The van der Waals surface area contributed by atoms with Crippen molar-refractivity contribution in [1.29, 1.82) is 0 Å². The molecule has 1 N–H and O–H groups in total. The average molecular weight is 486 g/mol. The third-order valence-electron chi connectivity index (χ3n) is 4.14. The van der Waals surface area contributed by atoms with E-state index in [1.165, 1.54) is 11.8 Å². The first kappa shape index (κ1) is 22.7. The topological polar surface area (TPSA) is 69.0 Å². The summed E-state index contributed by atoms with van der Waals surface area (Å²) in [6.45, 7) is 4.82. The molecule has 10 heteroatoms. The van der Waals surface area contributed by atoms with Crippen LogP contribution in [0.4, 0.5) is 5.69 Å². The van der Waals surface area contributed by atoms with Crippen LogP contribution in [-0.2, 0) is 17.9 Å². The summed E-state index contributed by atoms with van der Waals surface area (Å²) in [6, 6.07) is 10.4. The Morgan fingerprint density at radius 3 is 2.57 bits per heavy atom. The molecule has 1 aromatic heterocycles. The van der Waals surface area contributed by atoms with Crippen LogP contribution in [0.2, 0.25) is 15.1 Å². The maximum Gasteiger partial charge on any atom is 0.234 e. The van der Waals surface area contributed by atoms with E-state index < -0.39 is 0 Å². The molecule has 2 aromatic carbocycles. The van der Waals surface area contributed by atoms with Crippen LogP contribution in [0.3, 0.4) is 0 Å². The van der Waals surface area contributed by atoms with Crippen LogP contribution in [0.1, 0.15) is 18.3 Å². The van der Waals surface area contributed by atoms with Gasteiger partial charge in [-0.1, -0.05) is 46.6 Å². The second-order valence-corrected chi connectivity index (χ2v) is 8.53. The molecular weight excluding hydrogens is 467 g/mol. The number of amides is 1. The van der Waals surface area contributed by atoms with Gasteiger partial charge in [-0.05, 0) is 55.8 Å². The lowest BCUT2D eigenvalue weighted by atomic mass is 10.2. The number of halogens is 3. The molecule has 158 valence electrons. The molecule has 0 fully saturated rings. The Morgan fingerprint density at radius 2 is 1.87 bits per heavy atom. The van der Waals surface area contributed by atoms with E-state index in [9.17, 15) is 4.79 Å². The average Bonchev–Trinajstić information content (AvgIpc) is 3.09. The molecule has 0 aliphatic carbocycles. The van der Waals surface area contributed by atoms with Crippen LogP contribution in [0, 0.1) is 6.92 Å². The highest BCUT2D eigenvalue weighted by atomic mass is 35.5. The number of anilines is 1. The number of aryl methyl sites for hydroxylation is 1. The molecule has 0 spiro atoms. The van der Waals surface area contributed by atoms with Crippen molar-refractivity contribution in [3.8, 4) is 5.75 Å². The highest BCUT2D eigenvalue weighted by Crippen LogP contribution is 2.26. The highest BCUT2D eigenvalue weighted by Gasteiger charge is 2.15. The van der Waals surface area contributed by atoms with Crippen molar-refractivity contribution in [3.63, 3.8) is 0 Å². The number of hydrogen-bond donors (Lipinski definition) is 1. The Morgan fingerprint density at radius 1 is 1.13 bits per heavy atom. The monoisotopic (exact) mass is 484 g/mol. The van der Waals surface area contributed by atoms with Gasteiger partial charge in [-0.25, -0.2) is 0 Å². The summed E-state index contributed by atoms with van der Waals surface area (Å²) < 4.78 is 7.78. The maximum absolute atomic E-state index is 12.3. The molecule has 0 radical (unpaired) electrons. The van der Waals surface area contributed by atoms with E-state index in [1.807, 2.05) is 30.5 Å². The van der Waals surface area contributed by atoms with E-state index >= 15 is 0 Å². The largest absolute Gasteiger partial charge is 0.485 e. The van der Waals surface area contributed by atoms with Crippen molar-refractivity contribution in [2.24, 2.45) is 0 Å². The summed E-state index contributed by atoms with van der Waals surface area (Å²) >= 11 is 19.2. The maximum atomic E-state index is 12.3. The van der Waals surface area contributed by atoms with E-state index in [-0.39, 0.29) is 18.3 Å². The summed E-state index contributed by atoms with van der Waals surface area (Å²) in [6.07, 6.45) is 0. The van der Waals surface area contributed by atoms with Gasteiger partial charge < -0.3 is 14.6 Å². The van der Waals surface area contributed by atoms with Crippen molar-refractivity contribution in [3.05, 3.63) is 62.9 Å². The van der Waals surface area contributed by atoms with Gasteiger partial charge in [-0.15, -0.1) is 10.2 Å². The Kier molecular flexibility index (Phi) is 7.88. The minimum Gasteiger partial charge on any atom is -0.485 e. The van der Waals surface area contributed by atoms with Gasteiger partial charge in [0.15, 0.2) is 11.0 Å². The molecule has 3 rings (SSSR count). The van der Waals surface area contributed by atoms with Gasteiger partial charge in [0, 0.05) is 16.6 Å². The van der Waals surface area contributed by atoms with Crippen molar-refractivity contribution in [2.75, 3.05) is 11.1 Å². The van der Waals surface area contributed by atoms with Gasteiger partial charge in [-0.3, -0.25) is 4.79 Å². The van der Waals surface area contributed by atoms with Gasteiger partial charge in [0.25, 0.3) is 0 Å². The Labute approximate surface area is 193 Å². The second-order valence-electron chi connectivity index (χ2n) is 6.30. The predicted octanol–water partition coefficient (Wildman–Crippen LogP) is 5.88. The molecule has 6 nitrogen and oxygen atoms in total. The summed E-state index contributed by atoms with van der Waals surface area (Å²) in [7, 11) is 0. The van der Waals surface area contributed by atoms with E-state index in [2.05, 4.69) is 15.5 Å². The van der Waals surface area contributed by atoms with E-state index in [0.29, 0.717) is 38.3 Å². The SMILES string of the molecule is CCn1c(COc2ccc(Cl)cc2C)nnc1SCC(=O)Nc1ccc(Cl)cc1Cl. The summed E-state index contributed by atoms with van der Waals surface area (Å²) in [5, 5.41) is 13.4. The number of carbonyl (C=O) groups excluding carboxylic acids is 1. The first-order valence-electron chi connectivity index (χ1n) is 9.06. The summed E-state index contributed by atoms with van der Waals surface area (Å²) in [5.74, 6) is 1.37. The number of nitrogens with one attached hydrogen (secondary N) is 1. The molecule has 0 unspecified atom stereocenters. The van der Waals surface area contributed by atoms with Crippen LogP contribution in [-0.4, -0.2) is 26.4 Å². The van der Waals surface area contributed by atoms with E-state index in [4.69, 9.17) is 39.5 Å². The number of aromatic nitrogens is 3. The minimum atomic E-state index is -0.204.